The Kier molecular flexibility index (Phi) is 4.02. The van der Waals surface area contributed by atoms with Gasteiger partial charge in [-0.1, -0.05) is 24.3 Å². The van der Waals surface area contributed by atoms with E-state index in [1.165, 1.54) is 11.1 Å². The van der Waals surface area contributed by atoms with Crippen molar-refractivity contribution >= 4 is 5.91 Å². The van der Waals surface area contributed by atoms with Crippen LogP contribution < -0.4 is 10.6 Å². The zero-order valence-corrected chi connectivity index (χ0v) is 14.0. The summed E-state index contributed by atoms with van der Waals surface area (Å²) >= 11 is 0. The van der Waals surface area contributed by atoms with Gasteiger partial charge in [0.25, 0.3) is 0 Å². The van der Waals surface area contributed by atoms with Gasteiger partial charge in [-0.05, 0) is 76.1 Å². The molecule has 1 aromatic rings. The van der Waals surface area contributed by atoms with E-state index in [2.05, 4.69) is 55.7 Å². The van der Waals surface area contributed by atoms with E-state index in [-0.39, 0.29) is 17.4 Å². The Bertz CT molecular complexity index is 558. The van der Waals surface area contributed by atoms with Gasteiger partial charge in [0.05, 0.1) is 0 Å². The first-order valence-corrected chi connectivity index (χ1v) is 8.49. The summed E-state index contributed by atoms with van der Waals surface area (Å²) in [6.45, 7) is 8.54. The van der Waals surface area contributed by atoms with Crippen LogP contribution >= 0.6 is 0 Å². The zero-order chi connectivity index (χ0) is 15.8. The monoisotopic (exact) mass is 300 g/mol. The molecule has 3 heteroatoms. The van der Waals surface area contributed by atoms with Crippen molar-refractivity contribution in [2.75, 3.05) is 13.1 Å². The van der Waals surface area contributed by atoms with Crippen LogP contribution in [0.5, 0.6) is 0 Å². The van der Waals surface area contributed by atoms with Crippen LogP contribution in [0.3, 0.4) is 0 Å². The number of piperidine rings is 1. The van der Waals surface area contributed by atoms with Crippen LogP contribution in [0.15, 0.2) is 24.3 Å². The molecule has 0 radical (unpaired) electrons. The molecule has 120 valence electrons. The van der Waals surface area contributed by atoms with Crippen molar-refractivity contribution in [2.24, 2.45) is 11.3 Å². The third kappa shape index (κ3) is 3.19. The van der Waals surface area contributed by atoms with Crippen molar-refractivity contribution in [3.8, 4) is 0 Å². The van der Waals surface area contributed by atoms with Gasteiger partial charge in [-0.3, -0.25) is 4.79 Å². The van der Waals surface area contributed by atoms with Crippen molar-refractivity contribution in [3.05, 3.63) is 35.4 Å². The lowest BCUT2D eigenvalue weighted by atomic mass is 9.90. The molecule has 0 bridgehead atoms. The highest BCUT2D eigenvalue weighted by Gasteiger charge is 2.58. The lowest BCUT2D eigenvalue weighted by molar-refractivity contribution is -0.124. The predicted molar refractivity (Wildman–Crippen MR) is 89.7 cm³/mol. The molecule has 2 fully saturated rings. The molecule has 1 amide bonds. The van der Waals surface area contributed by atoms with Crippen molar-refractivity contribution in [2.45, 2.75) is 52.0 Å². The Labute approximate surface area is 133 Å². The highest BCUT2D eigenvalue weighted by Crippen LogP contribution is 2.58. The molecule has 1 atom stereocenters. The highest BCUT2D eigenvalue weighted by molar-refractivity contribution is 5.83. The average Bonchev–Trinajstić information content (AvgIpc) is 3.15. The van der Waals surface area contributed by atoms with E-state index in [1.807, 2.05) is 0 Å². The Hall–Kier alpha value is -1.35. The number of nitrogens with one attached hydrogen (secondary N) is 2. The van der Waals surface area contributed by atoms with E-state index < -0.39 is 0 Å². The maximum absolute atomic E-state index is 12.6. The first-order chi connectivity index (χ1) is 10.4. The van der Waals surface area contributed by atoms with Gasteiger partial charge in [0.1, 0.15) is 0 Å². The smallest absolute Gasteiger partial charge is 0.224 e. The Morgan fingerprint density at radius 2 is 2.00 bits per heavy atom. The number of hydrogen-bond acceptors (Lipinski definition) is 2. The fraction of sp³-hybridized carbons (Fsp3) is 0.632. The van der Waals surface area contributed by atoms with Crippen molar-refractivity contribution in [1.82, 2.24) is 10.6 Å². The maximum Gasteiger partial charge on any atom is 0.224 e. The first-order valence-electron chi connectivity index (χ1n) is 8.49. The van der Waals surface area contributed by atoms with E-state index in [9.17, 15) is 4.79 Å². The fourth-order valence-corrected chi connectivity index (χ4v) is 3.95. The molecule has 1 aliphatic carbocycles. The molecule has 1 aromatic carbocycles. The summed E-state index contributed by atoms with van der Waals surface area (Å²) in [5.41, 5.74) is 2.74. The standard InChI is InChI=1S/C19H28N2O/c1-14-6-4-5-7-15(14)12-18(2,3)21-17(22)16-13-19(16)8-10-20-11-9-19/h4-7,16,20H,8-13H2,1-3H3,(H,21,22)/t16-/m1/s1. The molecule has 3 rings (SSSR count). The molecule has 0 unspecified atom stereocenters. The molecule has 2 aliphatic rings. The zero-order valence-electron chi connectivity index (χ0n) is 14.0. The third-order valence-electron chi connectivity index (χ3n) is 5.46. The minimum Gasteiger partial charge on any atom is -0.351 e. The molecule has 2 N–H and O–H groups in total. The minimum absolute atomic E-state index is 0.195. The Morgan fingerprint density at radius 3 is 2.68 bits per heavy atom. The number of amides is 1. The van der Waals surface area contributed by atoms with Crippen LogP contribution in [0, 0.1) is 18.3 Å². The van der Waals surface area contributed by atoms with Gasteiger partial charge in [-0.15, -0.1) is 0 Å². The summed E-state index contributed by atoms with van der Waals surface area (Å²) < 4.78 is 0. The Balaban J connectivity index is 1.60. The summed E-state index contributed by atoms with van der Waals surface area (Å²) in [6.07, 6.45) is 4.28. The molecular weight excluding hydrogens is 272 g/mol. The van der Waals surface area contributed by atoms with Gasteiger partial charge in [-0.2, -0.15) is 0 Å². The molecule has 1 saturated heterocycles. The lowest BCUT2D eigenvalue weighted by Crippen LogP contribution is -2.47. The summed E-state index contributed by atoms with van der Waals surface area (Å²) in [5.74, 6) is 0.506. The second-order valence-electron chi connectivity index (χ2n) is 7.85. The van der Waals surface area contributed by atoms with Crippen LogP contribution in [0.25, 0.3) is 0 Å². The Morgan fingerprint density at radius 1 is 1.32 bits per heavy atom. The number of hydrogen-bond donors (Lipinski definition) is 2. The van der Waals surface area contributed by atoms with Gasteiger partial charge in [0, 0.05) is 11.5 Å². The number of benzene rings is 1. The quantitative estimate of drug-likeness (QED) is 0.898. The topological polar surface area (TPSA) is 41.1 Å². The second-order valence-corrected chi connectivity index (χ2v) is 7.85. The third-order valence-corrected chi connectivity index (χ3v) is 5.46. The van der Waals surface area contributed by atoms with Crippen molar-refractivity contribution < 1.29 is 4.79 Å². The second kappa shape index (κ2) is 5.69. The first kappa shape index (κ1) is 15.5. The SMILES string of the molecule is Cc1ccccc1CC(C)(C)NC(=O)[C@H]1CC12CCNCC2. The average molecular weight is 300 g/mol. The number of carbonyl (C=O) groups is 1. The summed E-state index contributed by atoms with van der Waals surface area (Å²) in [6, 6.07) is 8.44. The fourth-order valence-electron chi connectivity index (χ4n) is 3.95. The number of carbonyl (C=O) groups excluding carboxylic acids is 1. The highest BCUT2D eigenvalue weighted by atomic mass is 16.2. The number of rotatable bonds is 4. The molecule has 1 aliphatic heterocycles. The summed E-state index contributed by atoms with van der Waals surface area (Å²) in [4.78, 5) is 12.6. The van der Waals surface area contributed by atoms with Gasteiger partial charge in [-0.25, -0.2) is 0 Å². The van der Waals surface area contributed by atoms with Crippen LogP contribution in [0.1, 0.15) is 44.2 Å². The molecule has 0 aromatic heterocycles. The molecule has 1 heterocycles. The van der Waals surface area contributed by atoms with Crippen LogP contribution in [-0.4, -0.2) is 24.5 Å². The number of aryl methyl sites for hydroxylation is 1. The van der Waals surface area contributed by atoms with E-state index in [4.69, 9.17) is 0 Å². The van der Waals surface area contributed by atoms with Crippen molar-refractivity contribution in [3.63, 3.8) is 0 Å². The van der Waals surface area contributed by atoms with E-state index in [0.717, 1.165) is 38.8 Å². The molecular formula is C19H28N2O. The van der Waals surface area contributed by atoms with Gasteiger partial charge in [0.15, 0.2) is 0 Å². The van der Waals surface area contributed by atoms with Crippen LogP contribution in [-0.2, 0) is 11.2 Å². The van der Waals surface area contributed by atoms with Crippen LogP contribution in [0.4, 0.5) is 0 Å². The van der Waals surface area contributed by atoms with E-state index in [0.29, 0.717) is 5.41 Å². The predicted octanol–water partition coefficient (Wildman–Crippen LogP) is 2.82. The largest absolute Gasteiger partial charge is 0.351 e. The molecule has 3 nitrogen and oxygen atoms in total. The minimum atomic E-state index is -0.195. The molecule has 22 heavy (non-hydrogen) atoms. The van der Waals surface area contributed by atoms with E-state index in [1.54, 1.807) is 0 Å². The van der Waals surface area contributed by atoms with E-state index >= 15 is 0 Å². The summed E-state index contributed by atoms with van der Waals surface area (Å²) in [7, 11) is 0. The molecule has 1 saturated carbocycles. The van der Waals surface area contributed by atoms with Gasteiger partial charge < -0.3 is 10.6 Å². The van der Waals surface area contributed by atoms with Gasteiger partial charge >= 0.3 is 0 Å². The summed E-state index contributed by atoms with van der Waals surface area (Å²) in [5, 5.41) is 6.70. The van der Waals surface area contributed by atoms with Crippen LogP contribution in [0.2, 0.25) is 0 Å². The molecule has 1 spiro atoms. The van der Waals surface area contributed by atoms with Gasteiger partial charge in [0.2, 0.25) is 5.91 Å². The normalized spacial score (nSPS) is 23.3. The van der Waals surface area contributed by atoms with Crippen molar-refractivity contribution in [1.29, 1.82) is 0 Å². The lowest BCUT2D eigenvalue weighted by Gasteiger charge is -2.29. The maximum atomic E-state index is 12.6.